The van der Waals surface area contributed by atoms with Crippen LogP contribution in [0.4, 0.5) is 0 Å². The monoisotopic (exact) mass is 218 g/mol. The van der Waals surface area contributed by atoms with Crippen molar-refractivity contribution in [2.75, 3.05) is 0 Å². The highest BCUT2D eigenvalue weighted by molar-refractivity contribution is 5.88. The van der Waals surface area contributed by atoms with Gasteiger partial charge in [0.05, 0.1) is 11.3 Å². The summed E-state index contributed by atoms with van der Waals surface area (Å²) >= 11 is 0. The number of carboxylic acid groups (broad SMARTS) is 1. The van der Waals surface area contributed by atoms with Crippen LogP contribution in [0.5, 0.6) is 0 Å². The first-order valence-electron chi connectivity index (χ1n) is 5.83. The van der Waals surface area contributed by atoms with Crippen molar-refractivity contribution in [3.05, 3.63) is 23.3 Å². The van der Waals surface area contributed by atoms with E-state index >= 15 is 0 Å². The first kappa shape index (κ1) is 9.75. The van der Waals surface area contributed by atoms with Gasteiger partial charge in [-0.3, -0.25) is 0 Å². The average Bonchev–Trinajstić information content (AvgIpc) is 3.12. The molecule has 2 fully saturated rings. The quantitative estimate of drug-likeness (QED) is 0.839. The zero-order valence-electron chi connectivity index (χ0n) is 9.02. The number of carboxylic acids is 1. The molecule has 0 aliphatic heterocycles. The van der Waals surface area contributed by atoms with Crippen LogP contribution in [-0.2, 0) is 6.42 Å². The summed E-state index contributed by atoms with van der Waals surface area (Å²) in [5.74, 6) is 1.03. The molecule has 1 aromatic heterocycles. The molecule has 0 unspecified atom stereocenters. The van der Waals surface area contributed by atoms with E-state index in [-0.39, 0.29) is 0 Å². The van der Waals surface area contributed by atoms with Gasteiger partial charge in [-0.05, 0) is 31.6 Å². The number of hydrogen-bond donors (Lipinski definition) is 1. The Balaban J connectivity index is 1.91. The summed E-state index contributed by atoms with van der Waals surface area (Å²) < 4.78 is 0. The highest BCUT2D eigenvalue weighted by Gasteiger charge is 2.31. The van der Waals surface area contributed by atoms with Crippen LogP contribution in [0.15, 0.2) is 6.20 Å². The lowest BCUT2D eigenvalue weighted by atomic mass is 10.1. The third kappa shape index (κ3) is 1.92. The maximum Gasteiger partial charge on any atom is 0.339 e. The van der Waals surface area contributed by atoms with Crippen LogP contribution < -0.4 is 0 Å². The zero-order valence-corrected chi connectivity index (χ0v) is 9.02. The van der Waals surface area contributed by atoms with Crippen LogP contribution in [0, 0.1) is 5.92 Å². The van der Waals surface area contributed by atoms with Gasteiger partial charge in [-0.25, -0.2) is 14.8 Å². The van der Waals surface area contributed by atoms with E-state index < -0.39 is 5.97 Å². The van der Waals surface area contributed by atoms with Gasteiger partial charge in [-0.2, -0.15) is 0 Å². The van der Waals surface area contributed by atoms with Crippen LogP contribution >= 0.6 is 0 Å². The van der Waals surface area contributed by atoms with E-state index in [1.807, 2.05) is 0 Å². The molecule has 4 nitrogen and oxygen atoms in total. The minimum Gasteiger partial charge on any atom is -0.478 e. The highest BCUT2D eigenvalue weighted by Crippen LogP contribution is 2.41. The summed E-state index contributed by atoms with van der Waals surface area (Å²) in [6, 6.07) is 0. The van der Waals surface area contributed by atoms with Crippen LogP contribution in [0.25, 0.3) is 0 Å². The molecule has 3 rings (SSSR count). The summed E-state index contributed by atoms with van der Waals surface area (Å²) in [5.41, 5.74) is 1.06. The van der Waals surface area contributed by atoms with Gasteiger partial charge in [-0.1, -0.05) is 0 Å². The minimum absolute atomic E-state index is 0.294. The Labute approximate surface area is 93.7 Å². The molecular formula is C12H14N2O2. The maximum atomic E-state index is 11.0. The van der Waals surface area contributed by atoms with Gasteiger partial charge in [0.2, 0.25) is 0 Å². The van der Waals surface area contributed by atoms with Gasteiger partial charge in [0.1, 0.15) is 5.82 Å². The van der Waals surface area contributed by atoms with E-state index in [2.05, 4.69) is 9.97 Å². The van der Waals surface area contributed by atoms with Crippen molar-refractivity contribution >= 4 is 5.97 Å². The molecule has 0 bridgehead atoms. The molecule has 2 aliphatic carbocycles. The molecule has 1 N–H and O–H groups in total. The Morgan fingerprint density at radius 1 is 1.38 bits per heavy atom. The third-order valence-corrected chi connectivity index (χ3v) is 3.23. The number of nitrogens with zero attached hydrogens (tertiary/aromatic N) is 2. The van der Waals surface area contributed by atoms with E-state index in [0.29, 0.717) is 11.5 Å². The second kappa shape index (κ2) is 3.54. The van der Waals surface area contributed by atoms with Crippen molar-refractivity contribution in [2.45, 2.75) is 38.0 Å². The van der Waals surface area contributed by atoms with Gasteiger partial charge in [0, 0.05) is 18.5 Å². The molecule has 0 amide bonds. The SMILES string of the molecule is O=C(O)c1cnc(CC2CC2)nc1C1CC1. The smallest absolute Gasteiger partial charge is 0.339 e. The molecular weight excluding hydrogens is 204 g/mol. The fourth-order valence-electron chi connectivity index (χ4n) is 1.94. The van der Waals surface area contributed by atoms with Crippen molar-refractivity contribution in [2.24, 2.45) is 5.92 Å². The van der Waals surface area contributed by atoms with Crippen LogP contribution in [0.1, 0.15) is 53.5 Å². The van der Waals surface area contributed by atoms with Crippen molar-refractivity contribution < 1.29 is 9.90 Å². The number of hydrogen-bond acceptors (Lipinski definition) is 3. The first-order valence-corrected chi connectivity index (χ1v) is 5.83. The Morgan fingerprint density at radius 2 is 2.12 bits per heavy atom. The predicted octanol–water partition coefficient (Wildman–Crippen LogP) is 2.00. The standard InChI is InChI=1S/C12H14N2O2/c15-12(16)9-6-13-10(5-7-1-2-7)14-11(9)8-3-4-8/h6-8H,1-5H2,(H,15,16). The summed E-state index contributed by atoms with van der Waals surface area (Å²) in [6.07, 6.45) is 7.08. The molecule has 0 aromatic carbocycles. The van der Waals surface area contributed by atoms with E-state index in [4.69, 9.17) is 5.11 Å². The molecule has 2 aliphatic rings. The van der Waals surface area contributed by atoms with Crippen molar-refractivity contribution in [1.82, 2.24) is 9.97 Å². The molecule has 84 valence electrons. The number of carbonyl (C=O) groups is 1. The van der Waals surface area contributed by atoms with Gasteiger partial charge in [-0.15, -0.1) is 0 Å². The normalized spacial score (nSPS) is 19.8. The Kier molecular flexibility index (Phi) is 2.16. The van der Waals surface area contributed by atoms with E-state index in [1.54, 1.807) is 0 Å². The summed E-state index contributed by atoms with van der Waals surface area (Å²) in [7, 11) is 0. The van der Waals surface area contributed by atoms with Crippen molar-refractivity contribution in [1.29, 1.82) is 0 Å². The third-order valence-electron chi connectivity index (χ3n) is 3.23. The van der Waals surface area contributed by atoms with Crippen LogP contribution in [0.2, 0.25) is 0 Å². The lowest BCUT2D eigenvalue weighted by Crippen LogP contribution is -2.08. The topological polar surface area (TPSA) is 63.1 Å². The maximum absolute atomic E-state index is 11.0. The molecule has 0 radical (unpaired) electrons. The minimum atomic E-state index is -0.903. The van der Waals surface area contributed by atoms with Gasteiger partial charge in [0.15, 0.2) is 0 Å². The van der Waals surface area contributed by atoms with Crippen molar-refractivity contribution in [3.63, 3.8) is 0 Å². The molecule has 2 saturated carbocycles. The molecule has 0 spiro atoms. The molecule has 0 atom stereocenters. The first-order chi connectivity index (χ1) is 7.74. The lowest BCUT2D eigenvalue weighted by Gasteiger charge is -2.05. The van der Waals surface area contributed by atoms with E-state index in [0.717, 1.165) is 36.7 Å². The van der Waals surface area contributed by atoms with Crippen molar-refractivity contribution in [3.8, 4) is 0 Å². The molecule has 0 saturated heterocycles. The Bertz CT molecular complexity index is 437. The lowest BCUT2D eigenvalue weighted by molar-refractivity contribution is 0.0694. The van der Waals surface area contributed by atoms with E-state index in [1.165, 1.54) is 19.0 Å². The predicted molar refractivity (Wildman–Crippen MR) is 57.4 cm³/mol. The Hall–Kier alpha value is -1.45. The summed E-state index contributed by atoms with van der Waals surface area (Å²) in [6.45, 7) is 0. The molecule has 1 aromatic rings. The highest BCUT2D eigenvalue weighted by atomic mass is 16.4. The fourth-order valence-corrected chi connectivity index (χ4v) is 1.94. The van der Waals surface area contributed by atoms with Crippen LogP contribution in [0.3, 0.4) is 0 Å². The van der Waals surface area contributed by atoms with E-state index in [9.17, 15) is 4.79 Å². The largest absolute Gasteiger partial charge is 0.478 e. The molecule has 1 heterocycles. The van der Waals surface area contributed by atoms with Gasteiger partial charge >= 0.3 is 5.97 Å². The summed E-state index contributed by atoms with van der Waals surface area (Å²) in [4.78, 5) is 19.6. The second-order valence-electron chi connectivity index (χ2n) is 4.81. The van der Waals surface area contributed by atoms with Gasteiger partial charge < -0.3 is 5.11 Å². The average molecular weight is 218 g/mol. The van der Waals surface area contributed by atoms with Crippen LogP contribution in [-0.4, -0.2) is 21.0 Å². The fraction of sp³-hybridized carbons (Fsp3) is 0.583. The number of rotatable bonds is 4. The van der Waals surface area contributed by atoms with Gasteiger partial charge in [0.25, 0.3) is 0 Å². The number of aromatic nitrogens is 2. The molecule has 16 heavy (non-hydrogen) atoms. The zero-order chi connectivity index (χ0) is 11.1. The molecule has 4 heteroatoms. The summed E-state index contributed by atoms with van der Waals surface area (Å²) in [5, 5.41) is 9.05. The second-order valence-corrected chi connectivity index (χ2v) is 4.81. The number of aromatic carboxylic acids is 1. The Morgan fingerprint density at radius 3 is 2.69 bits per heavy atom.